The van der Waals surface area contributed by atoms with Crippen LogP contribution in [0, 0.1) is 6.92 Å². The molecule has 4 aromatic rings. The molecule has 0 radical (unpaired) electrons. The molecule has 34 heavy (non-hydrogen) atoms. The fourth-order valence-corrected chi connectivity index (χ4v) is 5.79. The van der Waals surface area contributed by atoms with Crippen LogP contribution in [0.15, 0.2) is 51.6 Å². The number of aromatic nitrogens is 3. The van der Waals surface area contributed by atoms with Gasteiger partial charge in [0, 0.05) is 7.05 Å². The number of hydrogen-bond acceptors (Lipinski definition) is 8. The largest absolute Gasteiger partial charge is 0.387 e. The van der Waals surface area contributed by atoms with Gasteiger partial charge in [0.25, 0.3) is 15.6 Å². The highest BCUT2D eigenvalue weighted by atomic mass is 35.5. The maximum absolute atomic E-state index is 13.1. The van der Waals surface area contributed by atoms with E-state index in [0.29, 0.717) is 27.4 Å². The molecular weight excluding hydrogens is 523 g/mol. The Morgan fingerprint density at radius 2 is 1.91 bits per heavy atom. The van der Waals surface area contributed by atoms with Gasteiger partial charge in [-0.2, -0.15) is 0 Å². The number of pyridine rings is 1. The number of anilines is 2. The molecule has 0 unspecified atom stereocenters. The minimum atomic E-state index is -4.07. The zero-order chi connectivity index (χ0) is 24.6. The van der Waals surface area contributed by atoms with Gasteiger partial charge in [0.1, 0.15) is 15.9 Å². The van der Waals surface area contributed by atoms with Crippen molar-refractivity contribution in [2.24, 2.45) is 0 Å². The number of carbonyl (C=O) groups is 1. The summed E-state index contributed by atoms with van der Waals surface area (Å²) in [4.78, 5) is 34.0. The van der Waals surface area contributed by atoms with Crippen LogP contribution in [0.25, 0.3) is 16.7 Å². The van der Waals surface area contributed by atoms with Crippen molar-refractivity contribution < 1.29 is 13.2 Å². The zero-order valence-corrected chi connectivity index (χ0v) is 20.7. The van der Waals surface area contributed by atoms with Gasteiger partial charge in [-0.05, 0) is 43.3 Å². The number of urea groups is 1. The highest BCUT2D eigenvalue weighted by Gasteiger charge is 2.20. The SMILES string of the molecule is CNc1cc2nc(C)n(-c3ccc(NC(=O)NS(=O)(=O)c4ccc(Cl)s4)cn3)c(=O)c2cc1Cl. The van der Waals surface area contributed by atoms with Gasteiger partial charge in [-0.25, -0.2) is 32.5 Å². The van der Waals surface area contributed by atoms with Gasteiger partial charge in [0.05, 0.1) is 37.8 Å². The summed E-state index contributed by atoms with van der Waals surface area (Å²) in [6, 6.07) is 7.93. The van der Waals surface area contributed by atoms with Crippen molar-refractivity contribution in [2.45, 2.75) is 11.1 Å². The number of aryl methyl sites for hydroxylation is 1. The van der Waals surface area contributed by atoms with Crippen molar-refractivity contribution in [3.63, 3.8) is 0 Å². The van der Waals surface area contributed by atoms with Gasteiger partial charge < -0.3 is 10.6 Å². The van der Waals surface area contributed by atoms with Crippen LogP contribution in [0.3, 0.4) is 0 Å². The average molecular weight is 539 g/mol. The molecule has 176 valence electrons. The molecule has 14 heteroatoms. The number of sulfonamides is 1. The molecule has 2 amide bonds. The number of nitrogens with one attached hydrogen (secondary N) is 3. The van der Waals surface area contributed by atoms with Crippen molar-refractivity contribution in [1.82, 2.24) is 19.3 Å². The standard InChI is InChI=1S/C20H16Cl2N6O4S2/c1-10-25-14-8-15(23-2)13(21)7-12(14)19(29)28(10)17-5-3-11(9-24-17)26-20(30)27-34(31,32)18-6-4-16(22)33-18/h3-9,23H,1-2H3,(H2,26,27,30). The Morgan fingerprint density at radius 3 is 2.53 bits per heavy atom. The lowest BCUT2D eigenvalue weighted by atomic mass is 10.2. The molecule has 0 aliphatic heterocycles. The molecule has 0 atom stereocenters. The molecule has 3 N–H and O–H groups in total. The lowest BCUT2D eigenvalue weighted by molar-refractivity contribution is 0.256. The molecule has 10 nitrogen and oxygen atoms in total. The van der Waals surface area contributed by atoms with Gasteiger partial charge in [-0.3, -0.25) is 4.79 Å². The third-order valence-electron chi connectivity index (χ3n) is 4.67. The summed E-state index contributed by atoms with van der Waals surface area (Å²) in [7, 11) is -2.35. The van der Waals surface area contributed by atoms with Crippen molar-refractivity contribution in [1.29, 1.82) is 0 Å². The van der Waals surface area contributed by atoms with Crippen LogP contribution in [-0.2, 0) is 10.0 Å². The van der Waals surface area contributed by atoms with E-state index < -0.39 is 16.1 Å². The molecule has 0 fully saturated rings. The number of amides is 2. The Kier molecular flexibility index (Phi) is 6.49. The third-order valence-corrected chi connectivity index (χ3v) is 8.04. The molecule has 3 aromatic heterocycles. The van der Waals surface area contributed by atoms with Crippen molar-refractivity contribution in [2.75, 3.05) is 17.7 Å². The minimum absolute atomic E-state index is 0.0956. The third kappa shape index (κ3) is 4.71. The summed E-state index contributed by atoms with van der Waals surface area (Å²) >= 11 is 12.8. The first-order valence-electron chi connectivity index (χ1n) is 9.55. The quantitative estimate of drug-likeness (QED) is 0.349. The predicted octanol–water partition coefficient (Wildman–Crippen LogP) is 4.01. The molecule has 0 saturated carbocycles. The Balaban J connectivity index is 1.58. The van der Waals surface area contributed by atoms with Crippen molar-refractivity contribution in [3.8, 4) is 5.82 Å². The zero-order valence-electron chi connectivity index (χ0n) is 17.6. The van der Waals surface area contributed by atoms with Crippen molar-refractivity contribution >= 4 is 72.9 Å². The lowest BCUT2D eigenvalue weighted by Crippen LogP contribution is -2.34. The number of carbonyl (C=O) groups excluding carboxylic acids is 1. The Labute approximate surface area is 207 Å². The first kappa shape index (κ1) is 24.0. The van der Waals surface area contributed by atoms with E-state index in [1.54, 1.807) is 20.0 Å². The molecule has 3 heterocycles. The topological polar surface area (TPSA) is 135 Å². The maximum atomic E-state index is 13.1. The average Bonchev–Trinajstić information content (AvgIpc) is 3.22. The van der Waals surface area contributed by atoms with Crippen LogP contribution in [0.5, 0.6) is 0 Å². The molecule has 0 bridgehead atoms. The molecule has 0 spiro atoms. The van der Waals surface area contributed by atoms with E-state index in [-0.39, 0.29) is 25.6 Å². The number of fused-ring (bicyclic) bond motifs is 1. The van der Waals surface area contributed by atoms with Gasteiger partial charge in [-0.15, -0.1) is 11.3 Å². The normalized spacial score (nSPS) is 11.4. The van der Waals surface area contributed by atoms with E-state index in [1.165, 1.54) is 41.1 Å². The highest BCUT2D eigenvalue weighted by molar-refractivity contribution is 7.92. The summed E-state index contributed by atoms with van der Waals surface area (Å²) in [5, 5.41) is 6.02. The lowest BCUT2D eigenvalue weighted by Gasteiger charge is -2.12. The van der Waals surface area contributed by atoms with Crippen LogP contribution >= 0.6 is 34.5 Å². The monoisotopic (exact) mass is 538 g/mol. The maximum Gasteiger partial charge on any atom is 0.333 e. The van der Waals surface area contributed by atoms with E-state index in [1.807, 2.05) is 4.72 Å². The predicted molar refractivity (Wildman–Crippen MR) is 133 cm³/mol. The van der Waals surface area contributed by atoms with Crippen molar-refractivity contribution in [3.05, 3.63) is 68.1 Å². The molecule has 4 rings (SSSR count). The second-order valence-electron chi connectivity index (χ2n) is 6.92. The summed E-state index contributed by atoms with van der Waals surface area (Å²) in [5.74, 6) is 0.658. The summed E-state index contributed by atoms with van der Waals surface area (Å²) < 4.78 is 27.9. The molecular formula is C20H16Cl2N6O4S2. The van der Waals surface area contributed by atoms with Crippen LogP contribution in [0.1, 0.15) is 5.82 Å². The smallest absolute Gasteiger partial charge is 0.333 e. The second-order valence-corrected chi connectivity index (χ2v) is 11.0. The van der Waals surface area contributed by atoms with Crippen LogP contribution in [-0.4, -0.2) is 36.0 Å². The van der Waals surface area contributed by atoms with Gasteiger partial charge in [0.15, 0.2) is 0 Å². The van der Waals surface area contributed by atoms with Crippen LogP contribution in [0.4, 0.5) is 16.2 Å². The number of halogens is 2. The number of rotatable bonds is 5. The highest BCUT2D eigenvalue weighted by Crippen LogP contribution is 2.26. The fourth-order valence-electron chi connectivity index (χ4n) is 3.14. The Bertz CT molecular complexity index is 1580. The Morgan fingerprint density at radius 1 is 1.15 bits per heavy atom. The van der Waals surface area contributed by atoms with E-state index in [9.17, 15) is 18.0 Å². The fraction of sp³-hybridized carbons (Fsp3) is 0.100. The summed E-state index contributed by atoms with van der Waals surface area (Å²) in [6.45, 7) is 1.66. The number of nitrogens with zero attached hydrogens (tertiary/aromatic N) is 3. The summed E-state index contributed by atoms with van der Waals surface area (Å²) in [5.41, 5.74) is 0.977. The number of hydrogen-bond donors (Lipinski definition) is 3. The number of thiophene rings is 1. The van der Waals surface area contributed by atoms with Gasteiger partial charge >= 0.3 is 6.03 Å². The molecule has 0 saturated heterocycles. The Hall–Kier alpha value is -3.19. The van der Waals surface area contributed by atoms with E-state index in [0.717, 1.165) is 11.3 Å². The van der Waals surface area contributed by atoms with Crippen LogP contribution in [0.2, 0.25) is 9.36 Å². The van der Waals surface area contributed by atoms with E-state index >= 15 is 0 Å². The molecule has 1 aromatic carbocycles. The van der Waals surface area contributed by atoms with E-state index in [4.69, 9.17) is 23.2 Å². The van der Waals surface area contributed by atoms with Crippen LogP contribution < -0.4 is 20.9 Å². The molecule has 0 aliphatic carbocycles. The first-order valence-corrected chi connectivity index (χ1v) is 12.6. The number of benzene rings is 1. The molecule has 0 aliphatic rings. The second kappa shape index (κ2) is 9.22. The van der Waals surface area contributed by atoms with Gasteiger partial charge in [-0.1, -0.05) is 23.2 Å². The minimum Gasteiger partial charge on any atom is -0.387 e. The first-order chi connectivity index (χ1) is 16.1. The van der Waals surface area contributed by atoms with Gasteiger partial charge in [0.2, 0.25) is 0 Å². The summed E-state index contributed by atoms with van der Waals surface area (Å²) in [6.07, 6.45) is 1.29. The van der Waals surface area contributed by atoms with E-state index in [2.05, 4.69) is 20.6 Å².